The van der Waals surface area contributed by atoms with E-state index in [4.69, 9.17) is 0 Å². The molecule has 0 aliphatic heterocycles. The van der Waals surface area contributed by atoms with E-state index >= 15 is 0 Å². The van der Waals surface area contributed by atoms with Gasteiger partial charge in [-0.3, -0.25) is 0 Å². The Labute approximate surface area is 120 Å². The van der Waals surface area contributed by atoms with E-state index in [1.54, 1.807) is 3.88 Å². The van der Waals surface area contributed by atoms with E-state index < -0.39 is 0 Å². The van der Waals surface area contributed by atoms with Crippen LogP contribution in [0.5, 0.6) is 0 Å². The second-order valence-corrected chi connectivity index (χ2v) is 21.2. The molecule has 0 nitrogen and oxygen atoms in total. The summed E-state index contributed by atoms with van der Waals surface area (Å²) < 4.78 is 3.25. The third kappa shape index (κ3) is 10.7. The van der Waals surface area contributed by atoms with Crippen LogP contribution in [-0.4, -0.2) is 0 Å². The van der Waals surface area contributed by atoms with Gasteiger partial charge >= 0.3 is 123 Å². The SMILES string of the molecule is CCC[CH2][Ti][C]1=CC=CC1.I[I-]I. The summed E-state index contributed by atoms with van der Waals surface area (Å²) in [7, 11) is 0. The molecule has 76 valence electrons. The van der Waals surface area contributed by atoms with Crippen molar-refractivity contribution in [2.75, 3.05) is 0 Å². The molecule has 0 radical (unpaired) electrons. The summed E-state index contributed by atoms with van der Waals surface area (Å²) in [6.07, 6.45) is 10.9. The van der Waals surface area contributed by atoms with Gasteiger partial charge in [0.05, 0.1) is 0 Å². The van der Waals surface area contributed by atoms with E-state index in [2.05, 4.69) is 62.4 Å². The minimum absolute atomic E-state index is 0.290. The Hall–Kier alpha value is 2.38. The third-order valence-electron chi connectivity index (χ3n) is 1.65. The number of halogens is 3. The van der Waals surface area contributed by atoms with Crippen LogP contribution in [0.3, 0.4) is 0 Å². The molecule has 0 amide bonds. The first kappa shape index (κ1) is 15.4. The standard InChI is InChI=1S/C5H5.C4H9.I3.Ti/c1-2-4-5-3-1;1-3-4-2;1-3-2;/h1-3H,4H2;1,3-4H2,2H3;;/q;;-1;. The molecule has 0 aromatic carbocycles. The first-order valence-corrected chi connectivity index (χ1v) is 18.8. The molecule has 0 spiro atoms. The molecule has 0 unspecified atom stereocenters. The van der Waals surface area contributed by atoms with Crippen molar-refractivity contribution in [1.82, 2.24) is 0 Å². The van der Waals surface area contributed by atoms with Crippen molar-refractivity contribution in [2.45, 2.75) is 30.9 Å². The summed E-state index contributed by atoms with van der Waals surface area (Å²) in [5.74, 6) is 0. The van der Waals surface area contributed by atoms with Crippen molar-refractivity contribution in [1.29, 1.82) is 0 Å². The van der Waals surface area contributed by atoms with Crippen molar-refractivity contribution in [3.63, 3.8) is 0 Å². The van der Waals surface area contributed by atoms with E-state index in [9.17, 15) is 0 Å². The summed E-state index contributed by atoms with van der Waals surface area (Å²) in [5, 5.41) is 0. The first-order chi connectivity index (χ1) is 6.35. The van der Waals surface area contributed by atoms with Gasteiger partial charge in [0.1, 0.15) is 0 Å². The number of rotatable bonds is 4. The zero-order valence-corrected chi connectivity index (χ0v) is 15.7. The van der Waals surface area contributed by atoms with Crippen LogP contribution in [0.2, 0.25) is 4.73 Å². The second kappa shape index (κ2) is 12.5. The van der Waals surface area contributed by atoms with Crippen LogP contribution in [0, 0.1) is 0 Å². The number of allylic oxidation sites excluding steroid dienone is 4. The molecule has 0 saturated heterocycles. The molecule has 0 saturated carbocycles. The second-order valence-electron chi connectivity index (χ2n) is 2.66. The van der Waals surface area contributed by atoms with Gasteiger partial charge in [-0.05, 0) is 0 Å². The fourth-order valence-electron chi connectivity index (χ4n) is 1.00. The molecular weight excluding hydrogens is 537 g/mol. The van der Waals surface area contributed by atoms with Gasteiger partial charge in [0.15, 0.2) is 0 Å². The average Bonchev–Trinajstić information content (AvgIpc) is 2.59. The molecule has 1 rings (SSSR count). The van der Waals surface area contributed by atoms with Gasteiger partial charge in [-0.15, -0.1) is 0 Å². The fourth-order valence-corrected chi connectivity index (χ4v) is 3.08. The summed E-state index contributed by atoms with van der Waals surface area (Å²) >= 11 is 5.59. The van der Waals surface area contributed by atoms with Crippen molar-refractivity contribution >= 4 is 37.2 Å². The molecule has 0 heterocycles. The molecule has 1 aliphatic carbocycles. The van der Waals surface area contributed by atoms with E-state index in [-0.39, 0.29) is 19.2 Å². The Morgan fingerprint density at radius 1 is 1.54 bits per heavy atom. The number of hydrogen-bond acceptors (Lipinski definition) is 0. The van der Waals surface area contributed by atoms with Crippen molar-refractivity contribution in [3.8, 4) is 0 Å². The zero-order valence-electron chi connectivity index (χ0n) is 7.69. The van der Waals surface area contributed by atoms with Crippen LogP contribution in [-0.2, 0) is 19.2 Å². The Balaban J connectivity index is 0.000000424. The van der Waals surface area contributed by atoms with Crippen molar-refractivity contribution in [3.05, 3.63) is 22.1 Å². The minimum atomic E-state index is 0.290. The van der Waals surface area contributed by atoms with Crippen LogP contribution >= 0.6 is 37.2 Å². The van der Waals surface area contributed by atoms with Crippen LogP contribution in [0.15, 0.2) is 22.1 Å². The van der Waals surface area contributed by atoms with Crippen molar-refractivity contribution in [2.24, 2.45) is 0 Å². The van der Waals surface area contributed by atoms with Gasteiger partial charge in [0.2, 0.25) is 0 Å². The van der Waals surface area contributed by atoms with Gasteiger partial charge in [-0.1, -0.05) is 0 Å². The summed E-state index contributed by atoms with van der Waals surface area (Å²) in [5.41, 5.74) is 0. The quantitative estimate of drug-likeness (QED) is 0.285. The summed E-state index contributed by atoms with van der Waals surface area (Å²) in [4.78, 5) is 0. The topological polar surface area (TPSA) is 0 Å². The van der Waals surface area contributed by atoms with Crippen LogP contribution < -0.4 is 13.3 Å². The molecular formula is C9H14I3Ti-. The third-order valence-corrected chi connectivity index (χ3v) is 3.88. The molecule has 0 aromatic heterocycles. The molecule has 1 aliphatic rings. The van der Waals surface area contributed by atoms with Gasteiger partial charge in [0.25, 0.3) is 0 Å². The van der Waals surface area contributed by atoms with Gasteiger partial charge in [0, 0.05) is 0 Å². The molecule has 4 heteroatoms. The number of hydrogen-bond donors (Lipinski definition) is 0. The summed E-state index contributed by atoms with van der Waals surface area (Å²) in [6.45, 7) is 2.27. The van der Waals surface area contributed by atoms with E-state index in [0.29, 0.717) is 13.3 Å². The molecule has 0 aromatic rings. The Morgan fingerprint density at radius 2 is 2.23 bits per heavy atom. The normalized spacial score (nSPS) is 13.6. The van der Waals surface area contributed by atoms with Crippen molar-refractivity contribution < 1.29 is 32.4 Å². The van der Waals surface area contributed by atoms with Crippen LogP contribution in [0.4, 0.5) is 0 Å². The van der Waals surface area contributed by atoms with E-state index in [1.165, 1.54) is 24.0 Å². The molecule has 0 atom stereocenters. The Morgan fingerprint density at radius 3 is 2.69 bits per heavy atom. The monoisotopic (exact) mass is 551 g/mol. The van der Waals surface area contributed by atoms with E-state index in [0.717, 1.165) is 0 Å². The maximum absolute atomic E-state index is 2.39. The predicted molar refractivity (Wildman–Crippen MR) is 69.6 cm³/mol. The number of unbranched alkanes of at least 4 members (excludes halogenated alkanes) is 1. The molecule has 0 bridgehead atoms. The maximum atomic E-state index is 2.39. The molecule has 0 fully saturated rings. The van der Waals surface area contributed by atoms with Gasteiger partial charge < -0.3 is 0 Å². The van der Waals surface area contributed by atoms with Crippen LogP contribution in [0.1, 0.15) is 26.2 Å². The van der Waals surface area contributed by atoms with Crippen LogP contribution in [0.25, 0.3) is 0 Å². The predicted octanol–water partition coefficient (Wildman–Crippen LogP) is 1.91. The molecule has 0 N–H and O–H groups in total. The molecule has 13 heavy (non-hydrogen) atoms. The Bertz CT molecular complexity index is 166. The van der Waals surface area contributed by atoms with Gasteiger partial charge in [-0.2, -0.15) is 0 Å². The zero-order chi connectivity index (χ0) is 9.94. The van der Waals surface area contributed by atoms with E-state index in [1.807, 2.05) is 0 Å². The first-order valence-electron chi connectivity index (χ1n) is 4.31. The Kier molecular flexibility index (Phi) is 14.7. The summed E-state index contributed by atoms with van der Waals surface area (Å²) in [6, 6.07) is 0. The average molecular weight is 551 g/mol. The van der Waals surface area contributed by atoms with Gasteiger partial charge in [-0.25, -0.2) is 0 Å². The fraction of sp³-hybridized carbons (Fsp3) is 0.556.